The number of carbonyl (C=O) groups excluding carboxylic acids is 2. The van der Waals surface area contributed by atoms with Gasteiger partial charge in [-0.2, -0.15) is 0 Å². The number of ether oxygens (including phenoxy) is 1. The second kappa shape index (κ2) is 8.76. The lowest BCUT2D eigenvalue weighted by molar-refractivity contribution is -0.121. The molecule has 0 aliphatic heterocycles. The van der Waals surface area contributed by atoms with Gasteiger partial charge in [0.2, 0.25) is 5.91 Å². The normalized spacial score (nSPS) is 10.6. The lowest BCUT2D eigenvalue weighted by atomic mass is 10.1. The van der Waals surface area contributed by atoms with Crippen molar-refractivity contribution in [3.05, 3.63) is 56.8 Å². The van der Waals surface area contributed by atoms with Gasteiger partial charge in [-0.15, -0.1) is 11.3 Å². The Hall–Kier alpha value is -1.98. The predicted molar refractivity (Wildman–Crippen MR) is 96.4 cm³/mol. The summed E-state index contributed by atoms with van der Waals surface area (Å²) in [7, 11) is 1.65. The van der Waals surface area contributed by atoms with E-state index in [4.69, 9.17) is 4.74 Å². The summed E-state index contributed by atoms with van der Waals surface area (Å²) < 4.78 is 5.16. The molecule has 0 saturated carbocycles. The summed E-state index contributed by atoms with van der Waals surface area (Å²) >= 11 is 1.61. The van der Waals surface area contributed by atoms with Crippen molar-refractivity contribution in [2.24, 2.45) is 0 Å². The quantitative estimate of drug-likeness (QED) is 0.741. The molecule has 1 aromatic heterocycles. The number of thiophene rings is 1. The molecule has 2 rings (SSSR count). The average molecular weight is 345 g/mol. The van der Waals surface area contributed by atoms with Crippen molar-refractivity contribution >= 4 is 23.0 Å². The van der Waals surface area contributed by atoms with Gasteiger partial charge in [-0.3, -0.25) is 9.59 Å². The highest BCUT2D eigenvalue weighted by molar-refractivity contribution is 7.12. The highest BCUT2D eigenvalue weighted by atomic mass is 32.1. The SMILES string of the molecule is COCc1ccccc1CNC(=O)CCC(=O)c1cc(C)sc1C. The molecule has 0 radical (unpaired) electrons. The molecule has 0 saturated heterocycles. The van der Waals surface area contributed by atoms with Crippen LogP contribution in [0.1, 0.15) is 44.1 Å². The third-order valence-corrected chi connectivity index (χ3v) is 4.78. The van der Waals surface area contributed by atoms with Crippen molar-refractivity contribution in [3.8, 4) is 0 Å². The number of benzene rings is 1. The monoisotopic (exact) mass is 345 g/mol. The summed E-state index contributed by atoms with van der Waals surface area (Å²) in [5, 5.41) is 2.88. The van der Waals surface area contributed by atoms with Crippen LogP contribution >= 0.6 is 11.3 Å². The van der Waals surface area contributed by atoms with Crippen molar-refractivity contribution in [2.75, 3.05) is 7.11 Å². The third kappa shape index (κ3) is 5.01. The van der Waals surface area contributed by atoms with Crippen LogP contribution in [-0.2, 0) is 22.7 Å². The second-order valence-corrected chi connectivity index (χ2v) is 7.19. The topological polar surface area (TPSA) is 55.4 Å². The molecule has 0 atom stereocenters. The zero-order valence-electron chi connectivity index (χ0n) is 14.3. The Morgan fingerprint density at radius 3 is 2.46 bits per heavy atom. The van der Waals surface area contributed by atoms with E-state index < -0.39 is 0 Å². The first-order valence-corrected chi connectivity index (χ1v) is 8.75. The summed E-state index contributed by atoms with van der Waals surface area (Å²) in [4.78, 5) is 26.4. The minimum Gasteiger partial charge on any atom is -0.380 e. The van der Waals surface area contributed by atoms with E-state index in [1.54, 1.807) is 18.4 Å². The minimum atomic E-state index is -0.111. The van der Waals surface area contributed by atoms with Crippen LogP contribution in [0, 0.1) is 13.8 Å². The van der Waals surface area contributed by atoms with E-state index in [0.717, 1.165) is 26.4 Å². The molecule has 1 amide bonds. The lowest BCUT2D eigenvalue weighted by Gasteiger charge is -2.10. The van der Waals surface area contributed by atoms with Crippen molar-refractivity contribution in [1.29, 1.82) is 0 Å². The van der Waals surface area contributed by atoms with E-state index in [0.29, 0.717) is 13.2 Å². The predicted octanol–water partition coefficient (Wildman–Crippen LogP) is 3.79. The molecule has 4 nitrogen and oxygen atoms in total. The molecule has 1 N–H and O–H groups in total. The van der Waals surface area contributed by atoms with Gasteiger partial charge in [0.15, 0.2) is 5.78 Å². The van der Waals surface area contributed by atoms with Crippen molar-refractivity contribution in [1.82, 2.24) is 5.32 Å². The van der Waals surface area contributed by atoms with Gasteiger partial charge in [0.25, 0.3) is 0 Å². The van der Waals surface area contributed by atoms with Gasteiger partial charge in [-0.1, -0.05) is 24.3 Å². The van der Waals surface area contributed by atoms with Crippen molar-refractivity contribution < 1.29 is 14.3 Å². The van der Waals surface area contributed by atoms with E-state index >= 15 is 0 Å². The lowest BCUT2D eigenvalue weighted by Crippen LogP contribution is -2.24. The molecule has 24 heavy (non-hydrogen) atoms. The largest absolute Gasteiger partial charge is 0.380 e. The van der Waals surface area contributed by atoms with Crippen LogP contribution in [-0.4, -0.2) is 18.8 Å². The summed E-state index contributed by atoms with van der Waals surface area (Å²) in [5.74, 6) is -0.0769. The van der Waals surface area contributed by atoms with Crippen LogP contribution in [0.5, 0.6) is 0 Å². The Morgan fingerprint density at radius 2 is 1.83 bits per heavy atom. The van der Waals surface area contributed by atoms with E-state index in [1.807, 2.05) is 44.2 Å². The number of aryl methyl sites for hydroxylation is 2. The van der Waals surface area contributed by atoms with Gasteiger partial charge in [0.05, 0.1) is 6.61 Å². The van der Waals surface area contributed by atoms with Gasteiger partial charge in [0, 0.05) is 41.8 Å². The van der Waals surface area contributed by atoms with E-state index in [1.165, 1.54) is 0 Å². The highest BCUT2D eigenvalue weighted by Gasteiger charge is 2.14. The van der Waals surface area contributed by atoms with Gasteiger partial charge >= 0.3 is 0 Å². The molecule has 0 fully saturated rings. The Morgan fingerprint density at radius 1 is 1.12 bits per heavy atom. The summed E-state index contributed by atoms with van der Waals surface area (Å²) in [6, 6.07) is 9.74. The maximum absolute atomic E-state index is 12.2. The van der Waals surface area contributed by atoms with E-state index in [9.17, 15) is 9.59 Å². The number of methoxy groups -OCH3 is 1. The Bertz CT molecular complexity index is 721. The van der Waals surface area contributed by atoms with Crippen LogP contribution in [0.15, 0.2) is 30.3 Å². The maximum atomic E-state index is 12.2. The first-order chi connectivity index (χ1) is 11.5. The smallest absolute Gasteiger partial charge is 0.220 e. The minimum absolute atomic E-state index is 0.0341. The number of hydrogen-bond acceptors (Lipinski definition) is 4. The third-order valence-electron chi connectivity index (χ3n) is 3.81. The van der Waals surface area contributed by atoms with E-state index in [2.05, 4.69) is 5.32 Å². The van der Waals surface area contributed by atoms with Gasteiger partial charge in [0.1, 0.15) is 0 Å². The maximum Gasteiger partial charge on any atom is 0.220 e. The molecule has 0 spiro atoms. The van der Waals surface area contributed by atoms with Crippen LogP contribution < -0.4 is 5.32 Å². The fourth-order valence-electron chi connectivity index (χ4n) is 2.58. The summed E-state index contributed by atoms with van der Waals surface area (Å²) in [5.41, 5.74) is 2.83. The number of Topliss-reactive ketones (excluding diaryl/α,β-unsaturated/α-hetero) is 1. The van der Waals surface area contributed by atoms with Gasteiger partial charge in [-0.25, -0.2) is 0 Å². The zero-order valence-corrected chi connectivity index (χ0v) is 15.2. The number of rotatable bonds is 8. The molecule has 0 bridgehead atoms. The molecule has 128 valence electrons. The van der Waals surface area contributed by atoms with Crippen LogP contribution in [0.25, 0.3) is 0 Å². The molecule has 1 aromatic carbocycles. The van der Waals surface area contributed by atoms with Crippen molar-refractivity contribution in [3.63, 3.8) is 0 Å². The first-order valence-electron chi connectivity index (χ1n) is 7.94. The Labute approximate surface area is 146 Å². The molecule has 5 heteroatoms. The number of hydrogen-bond donors (Lipinski definition) is 1. The molecule has 1 heterocycles. The highest BCUT2D eigenvalue weighted by Crippen LogP contribution is 2.22. The number of nitrogens with one attached hydrogen (secondary N) is 1. The molecular weight excluding hydrogens is 322 g/mol. The molecule has 0 aliphatic carbocycles. The number of amides is 1. The number of carbonyl (C=O) groups is 2. The van der Waals surface area contributed by atoms with Gasteiger partial charge < -0.3 is 10.1 Å². The molecule has 0 aliphatic rings. The Balaban J connectivity index is 1.84. The summed E-state index contributed by atoms with van der Waals surface area (Å²) in [6.07, 6.45) is 0.447. The first kappa shape index (κ1) is 18.4. The average Bonchev–Trinajstić information content (AvgIpc) is 2.90. The zero-order chi connectivity index (χ0) is 17.5. The second-order valence-electron chi connectivity index (χ2n) is 5.73. The molecule has 0 unspecified atom stereocenters. The number of ketones is 1. The van der Waals surface area contributed by atoms with E-state index in [-0.39, 0.29) is 24.5 Å². The van der Waals surface area contributed by atoms with Crippen LogP contribution in [0.4, 0.5) is 0 Å². The van der Waals surface area contributed by atoms with Crippen LogP contribution in [0.2, 0.25) is 0 Å². The van der Waals surface area contributed by atoms with Crippen molar-refractivity contribution in [2.45, 2.75) is 39.8 Å². The summed E-state index contributed by atoms with van der Waals surface area (Å²) in [6.45, 7) is 4.89. The molecular formula is C19H23NO3S. The standard InChI is InChI=1S/C19H23NO3S/c1-13-10-17(14(2)24-13)18(21)8-9-19(22)20-11-15-6-4-5-7-16(15)12-23-3/h4-7,10H,8-9,11-12H2,1-3H3,(H,20,22). The molecule has 2 aromatic rings. The Kier molecular flexibility index (Phi) is 6.70. The van der Waals surface area contributed by atoms with Crippen LogP contribution in [0.3, 0.4) is 0 Å². The van der Waals surface area contributed by atoms with Gasteiger partial charge in [-0.05, 0) is 31.0 Å². The fraction of sp³-hybridized carbons (Fsp3) is 0.368. The fourth-order valence-corrected chi connectivity index (χ4v) is 3.52.